The molecule has 1 aliphatic carbocycles. The van der Waals surface area contributed by atoms with Crippen molar-refractivity contribution in [3.63, 3.8) is 0 Å². The molecule has 0 spiro atoms. The van der Waals surface area contributed by atoms with E-state index in [1.54, 1.807) is 4.90 Å². The lowest BCUT2D eigenvalue weighted by atomic mass is 10.2. The number of hydrogen-bond acceptors (Lipinski definition) is 4. The molecule has 2 aromatic rings. The van der Waals surface area contributed by atoms with Crippen LogP contribution in [0.5, 0.6) is 0 Å². The van der Waals surface area contributed by atoms with Crippen molar-refractivity contribution in [1.29, 1.82) is 0 Å². The van der Waals surface area contributed by atoms with E-state index >= 15 is 0 Å². The van der Waals surface area contributed by atoms with Crippen LogP contribution in [0.4, 0.5) is 10.1 Å². The van der Waals surface area contributed by atoms with Crippen molar-refractivity contribution in [3.05, 3.63) is 58.9 Å². The average Bonchev–Trinajstić information content (AvgIpc) is 3.61. The second-order valence-electron chi connectivity index (χ2n) is 7.61. The molecule has 1 saturated carbocycles. The summed E-state index contributed by atoms with van der Waals surface area (Å²) in [6.45, 7) is 1.14. The molecule has 7 nitrogen and oxygen atoms in total. The molecule has 1 N–H and O–H groups in total. The maximum absolute atomic E-state index is 13.6. The summed E-state index contributed by atoms with van der Waals surface area (Å²) in [6.07, 6.45) is 1.82. The van der Waals surface area contributed by atoms with Gasteiger partial charge in [-0.3, -0.25) is 9.59 Å². The van der Waals surface area contributed by atoms with Gasteiger partial charge >= 0.3 is 0 Å². The smallest absolute Gasteiger partial charge is 0.255 e. The van der Waals surface area contributed by atoms with E-state index in [2.05, 4.69) is 5.32 Å². The highest BCUT2D eigenvalue weighted by Crippen LogP contribution is 2.31. The molecule has 164 valence electrons. The lowest BCUT2D eigenvalue weighted by molar-refractivity contribution is -0.133. The maximum atomic E-state index is 13.6. The molecule has 2 amide bonds. The van der Waals surface area contributed by atoms with Gasteiger partial charge in [-0.05, 0) is 49.2 Å². The van der Waals surface area contributed by atoms with Crippen LogP contribution in [0.25, 0.3) is 0 Å². The van der Waals surface area contributed by atoms with Gasteiger partial charge < -0.3 is 10.2 Å². The molecule has 0 atom stereocenters. The van der Waals surface area contributed by atoms with Crippen molar-refractivity contribution >= 4 is 39.1 Å². The third-order valence-electron chi connectivity index (χ3n) is 5.39. The summed E-state index contributed by atoms with van der Waals surface area (Å²) in [6, 6.07) is 9.54. The van der Waals surface area contributed by atoms with E-state index in [4.69, 9.17) is 11.6 Å². The van der Waals surface area contributed by atoms with Crippen LogP contribution in [0, 0.1) is 11.7 Å². The molecule has 4 rings (SSSR count). The molecular formula is C21H21ClFN3O4S. The van der Waals surface area contributed by atoms with E-state index in [1.807, 2.05) is 0 Å². The summed E-state index contributed by atoms with van der Waals surface area (Å²) >= 11 is 5.64. The lowest BCUT2D eigenvalue weighted by Crippen LogP contribution is -2.50. The SMILES string of the molecule is O=C(Nc1ccc(Cl)c(F)c1)c1cccc(S(=O)(=O)N2CCN(C(=O)C3CC3)CC2)c1. The topological polar surface area (TPSA) is 86.8 Å². The summed E-state index contributed by atoms with van der Waals surface area (Å²) in [7, 11) is -3.82. The largest absolute Gasteiger partial charge is 0.340 e. The Balaban J connectivity index is 1.45. The first kappa shape index (κ1) is 21.7. The first-order valence-corrected chi connectivity index (χ1v) is 11.7. The van der Waals surface area contributed by atoms with Crippen LogP contribution in [0.15, 0.2) is 47.4 Å². The summed E-state index contributed by atoms with van der Waals surface area (Å²) < 4.78 is 41.0. The van der Waals surface area contributed by atoms with E-state index in [0.29, 0.717) is 13.1 Å². The Labute approximate surface area is 184 Å². The fourth-order valence-corrected chi connectivity index (χ4v) is 5.05. The Morgan fingerprint density at radius 2 is 1.74 bits per heavy atom. The van der Waals surface area contributed by atoms with Crippen molar-refractivity contribution in [2.24, 2.45) is 5.92 Å². The van der Waals surface area contributed by atoms with Crippen LogP contribution < -0.4 is 5.32 Å². The van der Waals surface area contributed by atoms with Crippen molar-refractivity contribution in [2.45, 2.75) is 17.7 Å². The maximum Gasteiger partial charge on any atom is 0.255 e. The number of carbonyl (C=O) groups excluding carboxylic acids is 2. The molecule has 2 aliphatic rings. The minimum atomic E-state index is -3.82. The number of hydrogen-bond donors (Lipinski definition) is 1. The Bertz CT molecular complexity index is 1130. The van der Waals surface area contributed by atoms with Crippen LogP contribution in [-0.2, 0) is 14.8 Å². The quantitative estimate of drug-likeness (QED) is 0.735. The standard InChI is InChI=1S/C21H21ClFN3O4S/c22-18-7-6-16(13-19(18)23)24-20(27)15-2-1-3-17(12-15)31(29,30)26-10-8-25(9-11-26)21(28)14-4-5-14/h1-3,6-7,12-14H,4-5,8-11H2,(H,24,27). The van der Waals surface area contributed by atoms with Gasteiger partial charge in [0.25, 0.3) is 5.91 Å². The number of benzene rings is 2. The predicted molar refractivity (Wildman–Crippen MR) is 114 cm³/mol. The van der Waals surface area contributed by atoms with E-state index in [9.17, 15) is 22.4 Å². The average molecular weight is 466 g/mol. The zero-order chi connectivity index (χ0) is 22.2. The summed E-state index contributed by atoms with van der Waals surface area (Å²) in [5, 5.41) is 2.46. The molecular weight excluding hydrogens is 445 g/mol. The van der Waals surface area contributed by atoms with Crippen molar-refractivity contribution in [1.82, 2.24) is 9.21 Å². The number of piperazine rings is 1. The number of nitrogens with zero attached hydrogens (tertiary/aromatic N) is 2. The number of halogens is 2. The molecule has 10 heteroatoms. The van der Waals surface area contributed by atoms with Crippen molar-refractivity contribution in [3.8, 4) is 0 Å². The Morgan fingerprint density at radius 1 is 1.03 bits per heavy atom. The van der Waals surface area contributed by atoms with Gasteiger partial charge in [0.05, 0.1) is 9.92 Å². The molecule has 1 saturated heterocycles. The van der Waals surface area contributed by atoms with Crippen LogP contribution in [-0.4, -0.2) is 55.6 Å². The highest BCUT2D eigenvalue weighted by molar-refractivity contribution is 7.89. The normalized spacial score (nSPS) is 17.4. The van der Waals surface area contributed by atoms with Gasteiger partial charge in [0.2, 0.25) is 15.9 Å². The molecule has 31 heavy (non-hydrogen) atoms. The number of carbonyl (C=O) groups is 2. The molecule has 1 heterocycles. The minimum absolute atomic E-state index is 0.00981. The molecule has 2 aromatic carbocycles. The Hall–Kier alpha value is -2.49. The number of nitrogens with one attached hydrogen (secondary N) is 1. The van der Waals surface area contributed by atoms with Gasteiger partial charge in [0.1, 0.15) is 5.82 Å². The second kappa shape index (κ2) is 8.57. The monoisotopic (exact) mass is 465 g/mol. The molecule has 0 bridgehead atoms. The predicted octanol–water partition coefficient (Wildman–Crippen LogP) is 2.97. The summed E-state index contributed by atoms with van der Waals surface area (Å²) in [5.74, 6) is -1.03. The molecule has 0 unspecified atom stereocenters. The number of anilines is 1. The Morgan fingerprint density at radius 3 is 2.39 bits per heavy atom. The first-order chi connectivity index (χ1) is 14.8. The highest BCUT2D eigenvalue weighted by Gasteiger charge is 2.36. The first-order valence-electron chi connectivity index (χ1n) is 9.91. The fraction of sp³-hybridized carbons (Fsp3) is 0.333. The molecule has 0 radical (unpaired) electrons. The van der Waals surface area contributed by atoms with E-state index in [0.717, 1.165) is 18.9 Å². The highest BCUT2D eigenvalue weighted by atomic mass is 35.5. The van der Waals surface area contributed by atoms with Crippen LogP contribution in [0.1, 0.15) is 23.2 Å². The van der Waals surface area contributed by atoms with Gasteiger partial charge in [-0.1, -0.05) is 17.7 Å². The van der Waals surface area contributed by atoms with Crippen molar-refractivity contribution < 1.29 is 22.4 Å². The second-order valence-corrected chi connectivity index (χ2v) is 9.96. The van der Waals surface area contributed by atoms with Crippen LogP contribution in [0.2, 0.25) is 5.02 Å². The fourth-order valence-electron chi connectivity index (χ4n) is 3.46. The zero-order valence-electron chi connectivity index (χ0n) is 16.6. The van der Waals surface area contributed by atoms with Gasteiger partial charge in [0, 0.05) is 43.3 Å². The number of amides is 2. The summed E-state index contributed by atoms with van der Waals surface area (Å²) in [4.78, 5) is 26.4. The van der Waals surface area contributed by atoms with E-state index < -0.39 is 21.7 Å². The third kappa shape index (κ3) is 4.73. The van der Waals surface area contributed by atoms with Crippen LogP contribution in [0.3, 0.4) is 0 Å². The van der Waals surface area contributed by atoms with Gasteiger partial charge in [-0.15, -0.1) is 0 Å². The Kier molecular flexibility index (Phi) is 6.00. The zero-order valence-corrected chi connectivity index (χ0v) is 18.1. The number of sulfonamides is 1. The summed E-state index contributed by atoms with van der Waals surface area (Å²) in [5.41, 5.74) is 0.329. The van der Waals surface area contributed by atoms with Gasteiger partial charge in [0.15, 0.2) is 0 Å². The molecule has 1 aliphatic heterocycles. The van der Waals surface area contributed by atoms with Crippen molar-refractivity contribution in [2.75, 3.05) is 31.5 Å². The minimum Gasteiger partial charge on any atom is -0.340 e. The van der Waals surface area contributed by atoms with Gasteiger partial charge in [-0.2, -0.15) is 4.31 Å². The van der Waals surface area contributed by atoms with Gasteiger partial charge in [-0.25, -0.2) is 12.8 Å². The van der Waals surface area contributed by atoms with Crippen LogP contribution >= 0.6 is 11.6 Å². The van der Waals surface area contributed by atoms with E-state index in [1.165, 1.54) is 40.7 Å². The van der Waals surface area contributed by atoms with E-state index in [-0.39, 0.29) is 46.1 Å². The lowest BCUT2D eigenvalue weighted by Gasteiger charge is -2.34. The molecule has 0 aromatic heterocycles. The molecule has 2 fully saturated rings. The third-order valence-corrected chi connectivity index (χ3v) is 7.59. The number of rotatable bonds is 5.